The molecular weight excluding hydrogens is 388 g/mol. The fourth-order valence-corrected chi connectivity index (χ4v) is 3.56. The molecule has 3 aromatic rings. The highest BCUT2D eigenvalue weighted by molar-refractivity contribution is 7.92. The Morgan fingerprint density at radius 2 is 1.66 bits per heavy atom. The van der Waals surface area contributed by atoms with Crippen molar-refractivity contribution in [3.05, 3.63) is 89.5 Å². The van der Waals surface area contributed by atoms with E-state index in [1.807, 2.05) is 36.4 Å². The maximum Gasteiger partial charge on any atom is 0.257 e. The molecular formula is C22H22N2O4S. The van der Waals surface area contributed by atoms with Gasteiger partial charge in [-0.3, -0.25) is 9.52 Å². The van der Waals surface area contributed by atoms with Crippen molar-refractivity contribution in [2.45, 2.75) is 6.42 Å². The van der Waals surface area contributed by atoms with Crippen LogP contribution < -0.4 is 14.8 Å². The normalized spacial score (nSPS) is 11.0. The summed E-state index contributed by atoms with van der Waals surface area (Å²) in [4.78, 5) is 12.8. The van der Waals surface area contributed by atoms with Gasteiger partial charge in [-0.1, -0.05) is 42.5 Å². The van der Waals surface area contributed by atoms with Gasteiger partial charge in [0.25, 0.3) is 5.91 Å². The van der Waals surface area contributed by atoms with Crippen LogP contribution in [-0.2, 0) is 16.4 Å². The van der Waals surface area contributed by atoms with Gasteiger partial charge in [0, 0.05) is 17.7 Å². The predicted octanol–water partition coefficient (Wildman–Crippen LogP) is 3.91. The van der Waals surface area contributed by atoms with Crippen LogP contribution >= 0.6 is 0 Å². The van der Waals surface area contributed by atoms with E-state index in [0.29, 0.717) is 12.1 Å². The number of para-hydroxylation sites is 1. The average Bonchev–Trinajstić information content (AvgIpc) is 2.68. The van der Waals surface area contributed by atoms with E-state index >= 15 is 0 Å². The average molecular weight is 410 g/mol. The number of hydrogen-bond donors (Lipinski definition) is 2. The van der Waals surface area contributed by atoms with Crippen LogP contribution in [0.25, 0.3) is 0 Å². The summed E-state index contributed by atoms with van der Waals surface area (Å²) < 4.78 is 30.9. The molecule has 0 atom stereocenters. The minimum atomic E-state index is -3.50. The van der Waals surface area contributed by atoms with Gasteiger partial charge in [-0.05, 0) is 35.9 Å². The standard InChI is InChI=1S/C22H22N2O4S/c1-28-21-13-12-18(15-17(21)14-16-8-4-3-5-9-16)23-22(25)19-10-6-7-11-20(19)24-29(2,26)27/h3-13,15,24H,14H2,1-2H3,(H,23,25). The van der Waals surface area contributed by atoms with Crippen LogP contribution in [0.5, 0.6) is 5.75 Å². The van der Waals surface area contributed by atoms with Crippen molar-refractivity contribution < 1.29 is 17.9 Å². The molecule has 6 nitrogen and oxygen atoms in total. The first kappa shape index (κ1) is 20.4. The summed E-state index contributed by atoms with van der Waals surface area (Å²) in [5.74, 6) is 0.318. The number of hydrogen-bond acceptors (Lipinski definition) is 4. The highest BCUT2D eigenvalue weighted by Gasteiger charge is 2.15. The van der Waals surface area contributed by atoms with Crippen LogP contribution in [0.2, 0.25) is 0 Å². The molecule has 3 rings (SSSR count). The third-order valence-corrected chi connectivity index (χ3v) is 4.83. The lowest BCUT2D eigenvalue weighted by atomic mass is 10.0. The van der Waals surface area contributed by atoms with Gasteiger partial charge in [0.2, 0.25) is 10.0 Å². The molecule has 0 heterocycles. The van der Waals surface area contributed by atoms with Crippen LogP contribution in [0.4, 0.5) is 11.4 Å². The Morgan fingerprint density at radius 3 is 2.34 bits per heavy atom. The molecule has 0 spiro atoms. The molecule has 0 fully saturated rings. The lowest BCUT2D eigenvalue weighted by Gasteiger charge is -2.14. The zero-order chi connectivity index (χ0) is 20.9. The van der Waals surface area contributed by atoms with Gasteiger partial charge < -0.3 is 10.1 Å². The Labute approximate surface area is 170 Å². The van der Waals surface area contributed by atoms with E-state index in [0.717, 1.165) is 23.1 Å². The molecule has 0 aliphatic carbocycles. The van der Waals surface area contributed by atoms with Crippen LogP contribution in [0.15, 0.2) is 72.8 Å². The third kappa shape index (κ3) is 5.58. The molecule has 29 heavy (non-hydrogen) atoms. The maximum atomic E-state index is 12.8. The smallest absolute Gasteiger partial charge is 0.257 e. The van der Waals surface area contributed by atoms with Crippen molar-refractivity contribution in [1.29, 1.82) is 0 Å². The summed E-state index contributed by atoms with van der Waals surface area (Å²) in [5, 5.41) is 2.83. The molecule has 0 saturated heterocycles. The molecule has 150 valence electrons. The molecule has 1 amide bonds. The first-order valence-electron chi connectivity index (χ1n) is 8.95. The summed E-state index contributed by atoms with van der Waals surface area (Å²) in [7, 11) is -1.90. The molecule has 0 aliphatic rings. The second-order valence-corrected chi connectivity index (χ2v) is 8.31. The number of amides is 1. The summed E-state index contributed by atoms with van der Waals surface area (Å²) in [6.45, 7) is 0. The van der Waals surface area contributed by atoms with Crippen LogP contribution in [0.3, 0.4) is 0 Å². The molecule has 0 radical (unpaired) electrons. The number of carbonyl (C=O) groups excluding carboxylic acids is 1. The summed E-state index contributed by atoms with van der Waals surface area (Å²) in [6.07, 6.45) is 1.70. The fraction of sp³-hybridized carbons (Fsp3) is 0.136. The molecule has 7 heteroatoms. The van der Waals surface area contributed by atoms with Crippen molar-refractivity contribution >= 4 is 27.3 Å². The Bertz CT molecular complexity index is 1110. The van der Waals surface area contributed by atoms with E-state index in [2.05, 4.69) is 10.0 Å². The van der Waals surface area contributed by atoms with Gasteiger partial charge in [-0.25, -0.2) is 8.42 Å². The van der Waals surface area contributed by atoms with E-state index in [-0.39, 0.29) is 11.3 Å². The Kier molecular flexibility index (Phi) is 6.19. The van der Waals surface area contributed by atoms with Gasteiger partial charge in [0.15, 0.2) is 0 Å². The Hall–Kier alpha value is -3.32. The monoisotopic (exact) mass is 410 g/mol. The van der Waals surface area contributed by atoms with E-state index in [4.69, 9.17) is 4.74 Å². The number of methoxy groups -OCH3 is 1. The molecule has 0 unspecified atom stereocenters. The zero-order valence-electron chi connectivity index (χ0n) is 16.2. The Balaban J connectivity index is 1.85. The Morgan fingerprint density at radius 1 is 0.966 bits per heavy atom. The van der Waals surface area contributed by atoms with E-state index < -0.39 is 15.9 Å². The minimum absolute atomic E-state index is 0.227. The lowest BCUT2D eigenvalue weighted by Crippen LogP contribution is -2.17. The molecule has 0 aliphatic heterocycles. The van der Waals surface area contributed by atoms with Gasteiger partial charge >= 0.3 is 0 Å². The first-order valence-corrected chi connectivity index (χ1v) is 10.8. The predicted molar refractivity (Wildman–Crippen MR) is 115 cm³/mol. The largest absolute Gasteiger partial charge is 0.496 e. The van der Waals surface area contributed by atoms with Crippen molar-refractivity contribution in [3.63, 3.8) is 0 Å². The maximum absolute atomic E-state index is 12.8. The molecule has 0 saturated carbocycles. The zero-order valence-corrected chi connectivity index (χ0v) is 17.0. The number of benzene rings is 3. The van der Waals surface area contributed by atoms with Gasteiger partial charge in [-0.2, -0.15) is 0 Å². The number of anilines is 2. The quantitative estimate of drug-likeness (QED) is 0.619. The lowest BCUT2D eigenvalue weighted by molar-refractivity contribution is 0.102. The van der Waals surface area contributed by atoms with E-state index in [1.54, 1.807) is 43.5 Å². The number of sulfonamides is 1. The van der Waals surface area contributed by atoms with Crippen LogP contribution in [0.1, 0.15) is 21.5 Å². The van der Waals surface area contributed by atoms with E-state index in [9.17, 15) is 13.2 Å². The van der Waals surface area contributed by atoms with Gasteiger partial charge in [0.1, 0.15) is 5.75 Å². The van der Waals surface area contributed by atoms with Crippen LogP contribution in [0, 0.1) is 0 Å². The SMILES string of the molecule is COc1ccc(NC(=O)c2ccccc2NS(C)(=O)=O)cc1Cc1ccccc1. The summed E-state index contributed by atoms with van der Waals surface area (Å²) in [6, 6.07) is 21.8. The van der Waals surface area contributed by atoms with Crippen molar-refractivity contribution in [2.24, 2.45) is 0 Å². The van der Waals surface area contributed by atoms with Gasteiger partial charge in [-0.15, -0.1) is 0 Å². The summed E-state index contributed by atoms with van der Waals surface area (Å²) >= 11 is 0. The number of ether oxygens (including phenoxy) is 1. The summed E-state index contributed by atoms with van der Waals surface area (Å²) in [5.41, 5.74) is 3.11. The van der Waals surface area contributed by atoms with Crippen molar-refractivity contribution in [1.82, 2.24) is 0 Å². The molecule has 2 N–H and O–H groups in total. The highest BCUT2D eigenvalue weighted by atomic mass is 32.2. The molecule has 0 aromatic heterocycles. The van der Waals surface area contributed by atoms with Crippen molar-refractivity contribution in [2.75, 3.05) is 23.4 Å². The second kappa shape index (κ2) is 8.79. The van der Waals surface area contributed by atoms with Gasteiger partial charge in [0.05, 0.1) is 24.6 Å². The third-order valence-electron chi connectivity index (χ3n) is 4.24. The minimum Gasteiger partial charge on any atom is -0.496 e. The first-order chi connectivity index (χ1) is 13.9. The van der Waals surface area contributed by atoms with Crippen molar-refractivity contribution in [3.8, 4) is 5.75 Å². The topological polar surface area (TPSA) is 84.5 Å². The number of rotatable bonds is 7. The second-order valence-electron chi connectivity index (χ2n) is 6.56. The number of nitrogens with one attached hydrogen (secondary N) is 2. The molecule has 3 aromatic carbocycles. The highest BCUT2D eigenvalue weighted by Crippen LogP contribution is 2.26. The fourth-order valence-electron chi connectivity index (χ4n) is 2.98. The van der Waals surface area contributed by atoms with Crippen LogP contribution in [-0.4, -0.2) is 27.7 Å². The molecule has 0 bridgehead atoms. The van der Waals surface area contributed by atoms with E-state index in [1.165, 1.54) is 0 Å². The number of carbonyl (C=O) groups is 1.